The van der Waals surface area contributed by atoms with Gasteiger partial charge in [-0.05, 0) is 44.2 Å². The van der Waals surface area contributed by atoms with Gasteiger partial charge in [0.25, 0.3) is 0 Å². The summed E-state index contributed by atoms with van der Waals surface area (Å²) in [7, 11) is 0. The second-order valence-corrected chi connectivity index (χ2v) is 7.07. The first-order valence-electron chi connectivity index (χ1n) is 8.46. The predicted molar refractivity (Wildman–Crippen MR) is 90.6 cm³/mol. The normalized spacial score (nSPS) is 18.5. The van der Waals surface area contributed by atoms with E-state index in [4.69, 9.17) is 4.74 Å². The Balaban J connectivity index is 1.66. The lowest BCUT2D eigenvalue weighted by Crippen LogP contribution is -2.31. The first-order chi connectivity index (χ1) is 10.9. The Morgan fingerprint density at radius 2 is 2.13 bits per heavy atom. The van der Waals surface area contributed by atoms with Crippen LogP contribution in [0.25, 0.3) is 0 Å². The van der Waals surface area contributed by atoms with Crippen molar-refractivity contribution >= 4 is 11.8 Å². The molecule has 1 saturated heterocycles. The average Bonchev–Trinajstić information content (AvgIpc) is 2.52. The van der Waals surface area contributed by atoms with E-state index >= 15 is 0 Å². The van der Waals surface area contributed by atoms with Crippen LogP contribution in [-0.2, 0) is 10.2 Å². The van der Waals surface area contributed by atoms with E-state index in [1.54, 1.807) is 6.07 Å². The zero-order valence-electron chi connectivity index (χ0n) is 14.4. The summed E-state index contributed by atoms with van der Waals surface area (Å²) in [5.41, 5.74) is 0.852. The van der Waals surface area contributed by atoms with Crippen LogP contribution >= 0.6 is 0 Å². The molecule has 0 bridgehead atoms. The minimum absolute atomic E-state index is 0.0466. The SMILES string of the molecule is CC(C)(C)c1ccc(NC(=O)NCCC[C@@H]2CCCCO2)nn1. The highest BCUT2D eigenvalue weighted by Gasteiger charge is 2.16. The van der Waals surface area contributed by atoms with Crippen molar-refractivity contribution in [3.63, 3.8) is 0 Å². The van der Waals surface area contributed by atoms with Gasteiger partial charge in [0.2, 0.25) is 0 Å². The molecule has 1 aromatic rings. The summed E-state index contributed by atoms with van der Waals surface area (Å²) < 4.78 is 5.67. The minimum Gasteiger partial charge on any atom is -0.378 e. The standard InChI is InChI=1S/C17H28N4O2/c1-17(2,3)14-9-10-15(21-20-14)19-16(22)18-11-6-8-13-7-4-5-12-23-13/h9-10,13H,4-8,11-12H2,1-3H3,(H2,18,19,21,22)/t13-/m0/s1. The van der Waals surface area contributed by atoms with E-state index in [2.05, 4.69) is 41.6 Å². The maximum Gasteiger partial charge on any atom is 0.320 e. The lowest BCUT2D eigenvalue weighted by Gasteiger charge is -2.22. The highest BCUT2D eigenvalue weighted by molar-refractivity contribution is 5.87. The van der Waals surface area contributed by atoms with Crippen molar-refractivity contribution in [1.29, 1.82) is 0 Å². The first-order valence-corrected chi connectivity index (χ1v) is 8.46. The Morgan fingerprint density at radius 3 is 2.74 bits per heavy atom. The second-order valence-electron chi connectivity index (χ2n) is 7.07. The Labute approximate surface area is 138 Å². The van der Waals surface area contributed by atoms with Gasteiger partial charge < -0.3 is 10.1 Å². The van der Waals surface area contributed by atoms with Crippen LogP contribution in [-0.4, -0.2) is 35.5 Å². The Bertz CT molecular complexity index is 490. The van der Waals surface area contributed by atoms with Crippen LogP contribution in [0.4, 0.5) is 10.6 Å². The largest absolute Gasteiger partial charge is 0.378 e. The van der Waals surface area contributed by atoms with Gasteiger partial charge in [0.15, 0.2) is 5.82 Å². The van der Waals surface area contributed by atoms with Crippen LogP contribution in [0.3, 0.4) is 0 Å². The maximum absolute atomic E-state index is 11.8. The zero-order chi connectivity index (χ0) is 16.7. The van der Waals surface area contributed by atoms with Gasteiger partial charge in [0.1, 0.15) is 0 Å². The number of aromatic nitrogens is 2. The van der Waals surface area contributed by atoms with Crippen LogP contribution in [0.5, 0.6) is 0 Å². The van der Waals surface area contributed by atoms with E-state index in [0.717, 1.165) is 31.6 Å². The van der Waals surface area contributed by atoms with Gasteiger partial charge in [0, 0.05) is 18.6 Å². The summed E-state index contributed by atoms with van der Waals surface area (Å²) in [6.45, 7) is 7.74. The molecule has 0 aromatic carbocycles. The van der Waals surface area contributed by atoms with Crippen molar-refractivity contribution in [2.24, 2.45) is 0 Å². The Morgan fingerprint density at radius 1 is 1.30 bits per heavy atom. The van der Waals surface area contributed by atoms with Crippen molar-refractivity contribution in [1.82, 2.24) is 15.5 Å². The molecule has 1 aliphatic heterocycles. The molecular formula is C17H28N4O2. The molecule has 0 aliphatic carbocycles. The highest BCUT2D eigenvalue weighted by atomic mass is 16.5. The highest BCUT2D eigenvalue weighted by Crippen LogP contribution is 2.19. The summed E-state index contributed by atoms with van der Waals surface area (Å²) in [6, 6.07) is 3.43. The second kappa shape index (κ2) is 8.24. The number of carbonyl (C=O) groups excluding carboxylic acids is 1. The molecule has 2 N–H and O–H groups in total. The van der Waals surface area contributed by atoms with Crippen LogP contribution in [0.2, 0.25) is 0 Å². The summed E-state index contributed by atoms with van der Waals surface area (Å²) >= 11 is 0. The van der Waals surface area contributed by atoms with E-state index in [1.807, 2.05) is 6.07 Å². The van der Waals surface area contributed by atoms with Crippen molar-refractivity contribution in [2.75, 3.05) is 18.5 Å². The lowest BCUT2D eigenvalue weighted by molar-refractivity contribution is 0.0103. The fourth-order valence-electron chi connectivity index (χ4n) is 2.53. The lowest BCUT2D eigenvalue weighted by atomic mass is 9.92. The Hall–Kier alpha value is -1.69. The number of nitrogens with one attached hydrogen (secondary N) is 2. The number of urea groups is 1. The van der Waals surface area contributed by atoms with Crippen molar-refractivity contribution in [3.8, 4) is 0 Å². The summed E-state index contributed by atoms with van der Waals surface area (Å²) in [6.07, 6.45) is 5.85. The van der Waals surface area contributed by atoms with Crippen molar-refractivity contribution in [3.05, 3.63) is 17.8 Å². The fraction of sp³-hybridized carbons (Fsp3) is 0.706. The van der Waals surface area contributed by atoms with Gasteiger partial charge in [-0.25, -0.2) is 4.79 Å². The third kappa shape index (κ3) is 6.14. The summed E-state index contributed by atoms with van der Waals surface area (Å²) in [5.74, 6) is 0.464. The molecule has 0 radical (unpaired) electrons. The molecule has 1 aromatic heterocycles. The summed E-state index contributed by atoms with van der Waals surface area (Å²) in [4.78, 5) is 11.8. The van der Waals surface area contributed by atoms with Crippen molar-refractivity contribution < 1.29 is 9.53 Å². The molecule has 6 nitrogen and oxygen atoms in total. The maximum atomic E-state index is 11.8. The van der Waals surface area contributed by atoms with E-state index in [0.29, 0.717) is 18.5 Å². The van der Waals surface area contributed by atoms with E-state index in [9.17, 15) is 4.79 Å². The van der Waals surface area contributed by atoms with Crippen LogP contribution < -0.4 is 10.6 Å². The monoisotopic (exact) mass is 320 g/mol. The molecule has 0 spiro atoms. The first kappa shape index (κ1) is 17.7. The predicted octanol–water partition coefficient (Wildman–Crippen LogP) is 3.24. The molecule has 1 fully saturated rings. The molecule has 2 amide bonds. The number of rotatable bonds is 5. The molecule has 0 saturated carbocycles. The van der Waals surface area contributed by atoms with Crippen LogP contribution in [0.15, 0.2) is 12.1 Å². The van der Waals surface area contributed by atoms with Gasteiger partial charge in [-0.1, -0.05) is 20.8 Å². The number of amides is 2. The molecule has 6 heteroatoms. The number of anilines is 1. The molecular weight excluding hydrogens is 292 g/mol. The van der Waals surface area contributed by atoms with Crippen LogP contribution in [0, 0.1) is 0 Å². The third-order valence-corrected chi connectivity index (χ3v) is 3.94. The minimum atomic E-state index is -0.243. The van der Waals surface area contributed by atoms with Crippen molar-refractivity contribution in [2.45, 2.75) is 64.4 Å². The number of nitrogens with zero attached hydrogens (tertiary/aromatic N) is 2. The van der Waals surface area contributed by atoms with E-state index in [-0.39, 0.29) is 11.4 Å². The van der Waals surface area contributed by atoms with Gasteiger partial charge in [-0.2, -0.15) is 5.10 Å². The van der Waals surface area contributed by atoms with E-state index in [1.165, 1.54) is 12.8 Å². The quantitative estimate of drug-likeness (QED) is 0.817. The average molecular weight is 320 g/mol. The number of hydrogen-bond donors (Lipinski definition) is 2. The molecule has 2 heterocycles. The number of carbonyl (C=O) groups is 1. The van der Waals surface area contributed by atoms with Crippen LogP contribution in [0.1, 0.15) is 58.6 Å². The summed E-state index contributed by atoms with van der Waals surface area (Å²) in [5, 5.41) is 13.7. The van der Waals surface area contributed by atoms with E-state index < -0.39 is 0 Å². The molecule has 23 heavy (non-hydrogen) atoms. The third-order valence-electron chi connectivity index (χ3n) is 3.94. The van der Waals surface area contributed by atoms with Gasteiger partial charge >= 0.3 is 6.03 Å². The fourth-order valence-corrected chi connectivity index (χ4v) is 2.53. The molecule has 1 atom stereocenters. The number of hydrogen-bond acceptors (Lipinski definition) is 4. The molecule has 2 rings (SSSR count). The number of ether oxygens (including phenoxy) is 1. The molecule has 1 aliphatic rings. The topological polar surface area (TPSA) is 76.1 Å². The van der Waals surface area contributed by atoms with Gasteiger partial charge in [-0.15, -0.1) is 5.10 Å². The molecule has 0 unspecified atom stereocenters. The Kier molecular flexibility index (Phi) is 6.33. The zero-order valence-corrected chi connectivity index (χ0v) is 14.4. The molecule has 128 valence electrons. The van der Waals surface area contributed by atoms with Gasteiger partial charge in [-0.3, -0.25) is 5.32 Å². The smallest absolute Gasteiger partial charge is 0.320 e. The van der Waals surface area contributed by atoms with Gasteiger partial charge in [0.05, 0.1) is 11.8 Å².